The van der Waals surface area contributed by atoms with E-state index in [4.69, 9.17) is 14.6 Å². The molecule has 1 aromatic carbocycles. The van der Waals surface area contributed by atoms with Crippen LogP contribution in [-0.4, -0.2) is 27.5 Å². The molecule has 2 heterocycles. The molecule has 2 atom stereocenters. The van der Waals surface area contributed by atoms with Crippen LogP contribution in [0.15, 0.2) is 28.5 Å². The average Bonchev–Trinajstić information content (AvgIpc) is 3.32. The molecule has 7 nitrogen and oxygen atoms in total. The number of aryl methyl sites for hydroxylation is 1. The Hall–Kier alpha value is -2.10. The Morgan fingerprint density at radius 3 is 2.65 bits per heavy atom. The molecular formula is C17H18N2O5S2. The number of fused-ring (bicyclic) bond motifs is 1. The van der Waals surface area contributed by atoms with Gasteiger partial charge in [-0.15, -0.1) is 11.3 Å². The number of primary sulfonamides is 1. The number of benzene rings is 1. The minimum absolute atomic E-state index is 0.0458. The van der Waals surface area contributed by atoms with Crippen LogP contribution in [0.1, 0.15) is 22.8 Å². The van der Waals surface area contributed by atoms with Gasteiger partial charge in [-0.2, -0.15) is 0 Å². The van der Waals surface area contributed by atoms with Crippen LogP contribution in [-0.2, 0) is 14.8 Å². The first-order chi connectivity index (χ1) is 12.3. The lowest BCUT2D eigenvalue weighted by Gasteiger charge is -2.18. The monoisotopic (exact) mass is 394 g/mol. The van der Waals surface area contributed by atoms with Crippen LogP contribution >= 0.6 is 11.3 Å². The van der Waals surface area contributed by atoms with Crippen LogP contribution in [0.5, 0.6) is 11.5 Å². The zero-order chi connectivity index (χ0) is 18.5. The summed E-state index contributed by atoms with van der Waals surface area (Å²) in [7, 11) is -3.77. The average molecular weight is 394 g/mol. The molecule has 1 saturated carbocycles. The first kappa shape index (κ1) is 17.3. The quantitative estimate of drug-likeness (QED) is 0.827. The van der Waals surface area contributed by atoms with Gasteiger partial charge in [-0.3, -0.25) is 4.79 Å². The third-order valence-corrected chi connectivity index (χ3v) is 7.03. The summed E-state index contributed by atoms with van der Waals surface area (Å²) in [6.45, 7) is 2.82. The van der Waals surface area contributed by atoms with Gasteiger partial charge in [0.2, 0.25) is 15.9 Å². The standard InChI is InChI=1S/C17H18N2O5S2/c1-9-13(8-16(25-9)26(18,21)22)19-17(20)12-7-11(12)10-2-3-14-15(6-10)24-5-4-23-14/h2-3,6,8,11-12H,4-5,7H2,1H3,(H,19,20)(H2,18,21,22)/t11-,12+/m0/s1. The van der Waals surface area contributed by atoms with Gasteiger partial charge in [0.25, 0.3) is 0 Å². The fraction of sp³-hybridized carbons (Fsp3) is 0.353. The largest absolute Gasteiger partial charge is 0.486 e. The number of carbonyl (C=O) groups excluding carboxylic acids is 1. The molecule has 1 aromatic heterocycles. The highest BCUT2D eigenvalue weighted by molar-refractivity contribution is 7.91. The smallest absolute Gasteiger partial charge is 0.247 e. The van der Waals surface area contributed by atoms with Crippen LogP contribution in [0, 0.1) is 12.8 Å². The lowest BCUT2D eigenvalue weighted by Crippen LogP contribution is -2.16. The normalized spacial score (nSPS) is 21.3. The molecule has 4 rings (SSSR count). The van der Waals surface area contributed by atoms with Crippen molar-refractivity contribution in [3.05, 3.63) is 34.7 Å². The van der Waals surface area contributed by atoms with Gasteiger partial charge < -0.3 is 14.8 Å². The maximum atomic E-state index is 12.5. The van der Waals surface area contributed by atoms with Crippen molar-refractivity contribution in [2.75, 3.05) is 18.5 Å². The maximum absolute atomic E-state index is 12.5. The molecule has 9 heteroatoms. The van der Waals surface area contributed by atoms with Crippen LogP contribution in [0.25, 0.3) is 0 Å². The van der Waals surface area contributed by atoms with E-state index in [1.54, 1.807) is 6.92 Å². The molecule has 3 N–H and O–H groups in total. The van der Waals surface area contributed by atoms with Crippen molar-refractivity contribution in [1.29, 1.82) is 0 Å². The lowest BCUT2D eigenvalue weighted by atomic mass is 10.1. The number of nitrogens with one attached hydrogen (secondary N) is 1. The minimum atomic E-state index is -3.77. The molecule has 1 aliphatic carbocycles. The highest BCUT2D eigenvalue weighted by Gasteiger charge is 2.44. The molecule has 0 radical (unpaired) electrons. The molecule has 1 fully saturated rings. The number of rotatable bonds is 4. The Labute approximate surface area is 155 Å². The molecule has 0 saturated heterocycles. The Morgan fingerprint density at radius 2 is 1.96 bits per heavy atom. The molecule has 0 spiro atoms. The summed E-state index contributed by atoms with van der Waals surface area (Å²) in [5.41, 5.74) is 1.54. The van der Waals surface area contributed by atoms with E-state index >= 15 is 0 Å². The number of amides is 1. The highest BCUT2D eigenvalue weighted by atomic mass is 32.2. The second kappa shape index (κ2) is 6.26. The summed E-state index contributed by atoms with van der Waals surface area (Å²) in [5.74, 6) is 1.31. The fourth-order valence-corrected chi connectivity index (χ4v) is 4.91. The molecule has 0 unspecified atom stereocenters. The van der Waals surface area contributed by atoms with Crippen molar-refractivity contribution in [1.82, 2.24) is 0 Å². The Morgan fingerprint density at radius 1 is 1.23 bits per heavy atom. The van der Waals surface area contributed by atoms with Gasteiger partial charge in [-0.05, 0) is 43.0 Å². The first-order valence-corrected chi connectivity index (χ1v) is 10.5. The predicted molar refractivity (Wildman–Crippen MR) is 97.3 cm³/mol. The maximum Gasteiger partial charge on any atom is 0.247 e. The number of hydrogen-bond acceptors (Lipinski definition) is 6. The fourth-order valence-electron chi connectivity index (χ4n) is 3.09. The summed E-state index contributed by atoms with van der Waals surface area (Å²) in [5, 5.41) is 7.97. The molecule has 138 valence electrons. The number of ether oxygens (including phenoxy) is 2. The molecule has 2 aromatic rings. The van der Waals surface area contributed by atoms with E-state index in [0.717, 1.165) is 29.1 Å². The Kier molecular flexibility index (Phi) is 4.17. The van der Waals surface area contributed by atoms with Crippen molar-refractivity contribution in [2.45, 2.75) is 23.5 Å². The minimum Gasteiger partial charge on any atom is -0.486 e. The van der Waals surface area contributed by atoms with E-state index in [-0.39, 0.29) is 22.0 Å². The predicted octanol–water partition coefficient (Wildman–Crippen LogP) is 2.22. The molecule has 1 amide bonds. The third kappa shape index (κ3) is 3.29. The summed E-state index contributed by atoms with van der Waals surface area (Å²) in [6, 6.07) is 7.18. The van der Waals surface area contributed by atoms with Crippen molar-refractivity contribution >= 4 is 33.0 Å². The topological polar surface area (TPSA) is 108 Å². The summed E-state index contributed by atoms with van der Waals surface area (Å²) in [6.07, 6.45) is 0.747. The summed E-state index contributed by atoms with van der Waals surface area (Å²) >= 11 is 1.05. The molecule has 26 heavy (non-hydrogen) atoms. The van der Waals surface area contributed by atoms with E-state index < -0.39 is 10.0 Å². The van der Waals surface area contributed by atoms with Crippen molar-refractivity contribution in [2.24, 2.45) is 11.1 Å². The zero-order valence-electron chi connectivity index (χ0n) is 14.0. The van der Waals surface area contributed by atoms with Gasteiger partial charge in [0.05, 0.1) is 5.69 Å². The van der Waals surface area contributed by atoms with E-state index in [1.165, 1.54) is 6.07 Å². The second-order valence-corrected chi connectivity index (χ2v) is 9.47. The second-order valence-electron chi connectivity index (χ2n) is 6.42. The van der Waals surface area contributed by atoms with Gasteiger partial charge in [-0.25, -0.2) is 13.6 Å². The van der Waals surface area contributed by atoms with Gasteiger partial charge in [0.15, 0.2) is 11.5 Å². The Bertz CT molecular complexity index is 983. The molecule has 1 aliphatic heterocycles. The highest BCUT2D eigenvalue weighted by Crippen LogP contribution is 2.50. The van der Waals surface area contributed by atoms with E-state index in [1.807, 2.05) is 18.2 Å². The number of anilines is 1. The van der Waals surface area contributed by atoms with E-state index in [2.05, 4.69) is 5.32 Å². The van der Waals surface area contributed by atoms with Gasteiger partial charge >= 0.3 is 0 Å². The SMILES string of the molecule is Cc1sc(S(N)(=O)=O)cc1NC(=O)[C@@H]1C[C@H]1c1ccc2c(c1)OCCO2. The Balaban J connectivity index is 1.46. The lowest BCUT2D eigenvalue weighted by molar-refractivity contribution is -0.117. The van der Waals surface area contributed by atoms with Gasteiger partial charge in [0, 0.05) is 10.8 Å². The number of sulfonamides is 1. The van der Waals surface area contributed by atoms with E-state index in [0.29, 0.717) is 29.5 Å². The first-order valence-electron chi connectivity index (χ1n) is 8.16. The van der Waals surface area contributed by atoms with Crippen molar-refractivity contribution < 1.29 is 22.7 Å². The van der Waals surface area contributed by atoms with Crippen LogP contribution in [0.2, 0.25) is 0 Å². The van der Waals surface area contributed by atoms with Crippen molar-refractivity contribution in [3.63, 3.8) is 0 Å². The van der Waals surface area contributed by atoms with Crippen LogP contribution in [0.4, 0.5) is 5.69 Å². The number of thiophene rings is 1. The van der Waals surface area contributed by atoms with Crippen molar-refractivity contribution in [3.8, 4) is 11.5 Å². The molecule has 2 aliphatic rings. The van der Waals surface area contributed by atoms with Crippen LogP contribution in [0.3, 0.4) is 0 Å². The van der Waals surface area contributed by atoms with Gasteiger partial charge in [0.1, 0.15) is 17.4 Å². The summed E-state index contributed by atoms with van der Waals surface area (Å²) in [4.78, 5) is 13.2. The number of hydrogen-bond donors (Lipinski definition) is 2. The van der Waals surface area contributed by atoms with Gasteiger partial charge in [-0.1, -0.05) is 6.07 Å². The third-order valence-electron chi connectivity index (χ3n) is 4.56. The number of nitrogens with two attached hydrogens (primary N) is 1. The molecule has 0 bridgehead atoms. The zero-order valence-corrected chi connectivity index (χ0v) is 15.7. The van der Waals surface area contributed by atoms with Crippen LogP contribution < -0.4 is 19.9 Å². The molecular weight excluding hydrogens is 376 g/mol. The van der Waals surface area contributed by atoms with E-state index in [9.17, 15) is 13.2 Å². The number of carbonyl (C=O) groups is 1. The summed E-state index contributed by atoms with van der Waals surface area (Å²) < 4.78 is 34.0.